The fraction of sp³-hybridized carbons (Fsp3) is 0.600. The van der Waals surface area contributed by atoms with Crippen molar-refractivity contribution < 1.29 is 4.52 Å². The lowest BCUT2D eigenvalue weighted by Gasteiger charge is -2.23. The average Bonchev–Trinajstić information content (AvgIpc) is 3.38. The molecule has 0 spiro atoms. The molecule has 8 heteroatoms. The minimum absolute atomic E-state index is 0.138. The van der Waals surface area contributed by atoms with E-state index in [1.807, 2.05) is 41.5 Å². The van der Waals surface area contributed by atoms with Crippen molar-refractivity contribution in [1.82, 2.24) is 30.1 Å². The molecule has 4 rings (SSSR count). The first-order valence-corrected chi connectivity index (χ1v) is 10.3. The van der Waals surface area contributed by atoms with Crippen molar-refractivity contribution in [1.29, 1.82) is 0 Å². The number of nitrogens with one attached hydrogen (secondary N) is 2. The number of aromatic amines is 1. The Hall–Kier alpha value is -2.48. The highest BCUT2D eigenvalue weighted by atomic mass is 16.5. The summed E-state index contributed by atoms with van der Waals surface area (Å²) in [6.07, 6.45) is 3.66. The molecule has 3 aromatic rings. The van der Waals surface area contributed by atoms with Gasteiger partial charge in [0, 0.05) is 17.9 Å². The standard InChI is InChI=1S/C16H20N6O2.2C2H6/c1-9(2)14-20-16(24-21-14)11-8-18-22-12(7-13(23)19-15(11)22)10-3-5-17-6-4-10;2*1-2/h7-10,17H,3-6H2,1-2H3,(H,19,23);2*1-2H3. The molecule has 154 valence electrons. The van der Waals surface area contributed by atoms with Gasteiger partial charge in [0.2, 0.25) is 0 Å². The van der Waals surface area contributed by atoms with Gasteiger partial charge in [-0.1, -0.05) is 46.7 Å². The highest BCUT2D eigenvalue weighted by Crippen LogP contribution is 2.28. The molecule has 0 aliphatic carbocycles. The van der Waals surface area contributed by atoms with Gasteiger partial charge in [-0.2, -0.15) is 10.1 Å². The van der Waals surface area contributed by atoms with Crippen molar-refractivity contribution in [2.75, 3.05) is 13.1 Å². The Balaban J connectivity index is 0.000000660. The van der Waals surface area contributed by atoms with E-state index in [4.69, 9.17) is 4.52 Å². The first kappa shape index (κ1) is 21.8. The Morgan fingerprint density at radius 3 is 2.46 bits per heavy atom. The van der Waals surface area contributed by atoms with Crippen molar-refractivity contribution in [3.63, 3.8) is 0 Å². The zero-order valence-electron chi connectivity index (χ0n) is 17.7. The zero-order valence-corrected chi connectivity index (χ0v) is 17.7. The number of fused-ring (bicyclic) bond motifs is 1. The number of hydrogen-bond acceptors (Lipinski definition) is 6. The largest absolute Gasteiger partial charge is 0.334 e. The minimum Gasteiger partial charge on any atom is -0.334 e. The van der Waals surface area contributed by atoms with Gasteiger partial charge in [-0.3, -0.25) is 4.79 Å². The molecule has 2 N–H and O–H groups in total. The van der Waals surface area contributed by atoms with Crippen LogP contribution in [0.4, 0.5) is 0 Å². The third kappa shape index (κ3) is 4.49. The molecule has 28 heavy (non-hydrogen) atoms. The molecule has 0 radical (unpaired) electrons. The van der Waals surface area contributed by atoms with Crippen molar-refractivity contribution in [2.24, 2.45) is 0 Å². The predicted octanol–water partition coefficient (Wildman–Crippen LogP) is 3.72. The molecule has 1 saturated heterocycles. The SMILES string of the molecule is CC.CC.CC(C)c1noc(-c2cnn3c(C4CCNCC4)cc(=O)[nH]c23)n1. The quantitative estimate of drug-likeness (QED) is 0.709. The Morgan fingerprint density at radius 1 is 1.18 bits per heavy atom. The Labute approximate surface area is 165 Å². The molecule has 0 aromatic carbocycles. The summed E-state index contributed by atoms with van der Waals surface area (Å²) in [7, 11) is 0. The van der Waals surface area contributed by atoms with E-state index in [-0.39, 0.29) is 11.5 Å². The molecule has 0 atom stereocenters. The molecule has 1 aliphatic rings. The van der Waals surface area contributed by atoms with Crippen LogP contribution in [0.5, 0.6) is 0 Å². The molecule has 0 amide bonds. The summed E-state index contributed by atoms with van der Waals surface area (Å²) in [4.78, 5) is 19.4. The van der Waals surface area contributed by atoms with Gasteiger partial charge in [0.25, 0.3) is 11.4 Å². The summed E-state index contributed by atoms with van der Waals surface area (Å²) < 4.78 is 7.15. The van der Waals surface area contributed by atoms with E-state index in [2.05, 4.69) is 25.5 Å². The number of rotatable bonds is 3. The normalized spacial score (nSPS) is 14.4. The van der Waals surface area contributed by atoms with E-state index in [1.165, 1.54) is 0 Å². The second-order valence-electron chi connectivity index (χ2n) is 6.51. The van der Waals surface area contributed by atoms with Crippen molar-refractivity contribution in [3.05, 3.63) is 34.1 Å². The highest BCUT2D eigenvalue weighted by Gasteiger charge is 2.22. The number of aromatic nitrogens is 5. The van der Waals surface area contributed by atoms with Crippen LogP contribution in [-0.2, 0) is 0 Å². The van der Waals surface area contributed by atoms with Gasteiger partial charge in [0.05, 0.1) is 11.9 Å². The van der Waals surface area contributed by atoms with Crippen LogP contribution in [0.25, 0.3) is 17.1 Å². The lowest BCUT2D eigenvalue weighted by molar-refractivity contribution is 0.419. The van der Waals surface area contributed by atoms with Gasteiger partial charge in [0.15, 0.2) is 5.82 Å². The molecule has 4 heterocycles. The summed E-state index contributed by atoms with van der Waals surface area (Å²) >= 11 is 0. The van der Waals surface area contributed by atoms with Gasteiger partial charge in [0.1, 0.15) is 11.2 Å². The van der Waals surface area contributed by atoms with Gasteiger partial charge in [-0.15, -0.1) is 0 Å². The molecular formula is C20H32N6O2. The maximum Gasteiger partial charge on any atom is 0.263 e. The molecule has 8 nitrogen and oxygen atoms in total. The van der Waals surface area contributed by atoms with E-state index < -0.39 is 0 Å². The lowest BCUT2D eigenvalue weighted by Crippen LogP contribution is -2.28. The first-order chi connectivity index (χ1) is 13.6. The van der Waals surface area contributed by atoms with Crippen LogP contribution in [0.15, 0.2) is 21.6 Å². The van der Waals surface area contributed by atoms with E-state index >= 15 is 0 Å². The maximum atomic E-state index is 12.2. The topological polar surface area (TPSA) is 101 Å². The van der Waals surface area contributed by atoms with Crippen LogP contribution >= 0.6 is 0 Å². The Bertz CT molecular complexity index is 918. The van der Waals surface area contributed by atoms with E-state index in [1.54, 1.807) is 16.8 Å². The van der Waals surface area contributed by atoms with Crippen LogP contribution in [-0.4, -0.2) is 37.8 Å². The number of hydrogen-bond donors (Lipinski definition) is 2. The third-order valence-electron chi connectivity index (χ3n) is 4.48. The number of H-pyrrole nitrogens is 1. The minimum atomic E-state index is -0.138. The van der Waals surface area contributed by atoms with Crippen LogP contribution in [0, 0.1) is 0 Å². The third-order valence-corrected chi connectivity index (χ3v) is 4.48. The number of piperidine rings is 1. The molecule has 0 unspecified atom stereocenters. The molecule has 3 aromatic heterocycles. The Morgan fingerprint density at radius 2 is 1.86 bits per heavy atom. The fourth-order valence-corrected chi connectivity index (χ4v) is 3.16. The van der Waals surface area contributed by atoms with Gasteiger partial charge < -0.3 is 14.8 Å². The molecular weight excluding hydrogens is 356 g/mol. The van der Waals surface area contributed by atoms with Gasteiger partial charge in [-0.05, 0) is 25.9 Å². The second-order valence-corrected chi connectivity index (χ2v) is 6.51. The summed E-state index contributed by atoms with van der Waals surface area (Å²) in [5.74, 6) is 1.51. The smallest absolute Gasteiger partial charge is 0.263 e. The van der Waals surface area contributed by atoms with E-state index in [0.717, 1.165) is 31.6 Å². The van der Waals surface area contributed by atoms with Crippen molar-refractivity contribution in [3.8, 4) is 11.5 Å². The molecule has 1 fully saturated rings. The lowest BCUT2D eigenvalue weighted by atomic mass is 9.94. The van der Waals surface area contributed by atoms with Gasteiger partial charge >= 0.3 is 0 Å². The van der Waals surface area contributed by atoms with Crippen LogP contribution in [0.3, 0.4) is 0 Å². The summed E-state index contributed by atoms with van der Waals surface area (Å²) in [6.45, 7) is 13.9. The summed E-state index contributed by atoms with van der Waals surface area (Å²) in [5.41, 5.74) is 2.06. The highest BCUT2D eigenvalue weighted by molar-refractivity contribution is 5.71. The predicted molar refractivity (Wildman–Crippen MR) is 111 cm³/mol. The number of nitrogens with zero attached hydrogens (tertiary/aromatic N) is 4. The summed E-state index contributed by atoms with van der Waals surface area (Å²) in [6, 6.07) is 1.65. The maximum absolute atomic E-state index is 12.2. The molecule has 1 aliphatic heterocycles. The fourth-order valence-electron chi connectivity index (χ4n) is 3.16. The Kier molecular flexibility index (Phi) is 7.92. The zero-order chi connectivity index (χ0) is 20.7. The van der Waals surface area contributed by atoms with E-state index in [9.17, 15) is 4.79 Å². The van der Waals surface area contributed by atoms with Crippen molar-refractivity contribution >= 4 is 5.65 Å². The van der Waals surface area contributed by atoms with Crippen LogP contribution in [0.1, 0.15) is 77.7 Å². The average molecular weight is 389 g/mol. The van der Waals surface area contributed by atoms with E-state index in [0.29, 0.717) is 28.8 Å². The monoisotopic (exact) mass is 388 g/mol. The molecule has 0 bridgehead atoms. The molecule has 0 saturated carbocycles. The van der Waals surface area contributed by atoms with Crippen molar-refractivity contribution in [2.45, 2.75) is 66.2 Å². The van der Waals surface area contributed by atoms with Crippen LogP contribution < -0.4 is 10.9 Å². The summed E-state index contributed by atoms with van der Waals surface area (Å²) in [5, 5.41) is 11.8. The second kappa shape index (κ2) is 10.2. The van der Waals surface area contributed by atoms with Crippen LogP contribution in [0.2, 0.25) is 0 Å². The first-order valence-electron chi connectivity index (χ1n) is 10.3. The van der Waals surface area contributed by atoms with Gasteiger partial charge in [-0.25, -0.2) is 4.52 Å².